The summed E-state index contributed by atoms with van der Waals surface area (Å²) in [4.78, 5) is 13.4. The van der Waals surface area contributed by atoms with E-state index in [0.29, 0.717) is 11.9 Å². The molecule has 0 spiro atoms. The summed E-state index contributed by atoms with van der Waals surface area (Å²) in [6, 6.07) is 0. The van der Waals surface area contributed by atoms with E-state index >= 15 is 0 Å². The fourth-order valence-corrected chi connectivity index (χ4v) is 2.63. The molecule has 0 aliphatic carbocycles. The maximum atomic E-state index is 11.0. The molecule has 15 heavy (non-hydrogen) atoms. The summed E-state index contributed by atoms with van der Waals surface area (Å²) in [6.07, 6.45) is 3.41. The van der Waals surface area contributed by atoms with Crippen molar-refractivity contribution in [1.82, 2.24) is 4.90 Å². The zero-order valence-electron chi connectivity index (χ0n) is 9.44. The molecule has 0 aromatic rings. The van der Waals surface area contributed by atoms with Crippen LogP contribution in [0.1, 0.15) is 13.8 Å². The fourth-order valence-electron chi connectivity index (χ4n) is 1.54. The molecule has 1 aliphatic rings. The van der Waals surface area contributed by atoms with Crippen molar-refractivity contribution >= 4 is 17.7 Å². The van der Waals surface area contributed by atoms with Gasteiger partial charge >= 0.3 is 5.97 Å². The molecule has 1 rings (SSSR count). The second-order valence-electron chi connectivity index (χ2n) is 3.60. The average Bonchev–Trinajstić information content (AvgIpc) is 2.18. The minimum Gasteiger partial charge on any atom is -0.463 e. The standard InChI is InChI=1S/C11H19NO2S/c1-3-14-11(13)5-4-6-12-7-8-15-10(2)9-12/h4-5,10H,3,6-9H2,1-2H3/b5-4+. The Balaban J connectivity index is 2.20. The second-order valence-corrected chi connectivity index (χ2v) is 5.14. The van der Waals surface area contributed by atoms with Crippen LogP contribution in [0.5, 0.6) is 0 Å². The highest BCUT2D eigenvalue weighted by molar-refractivity contribution is 7.99. The van der Waals surface area contributed by atoms with E-state index in [1.54, 1.807) is 0 Å². The van der Waals surface area contributed by atoms with Gasteiger partial charge in [0.15, 0.2) is 0 Å². The third-order valence-corrected chi connectivity index (χ3v) is 3.37. The van der Waals surface area contributed by atoms with Crippen LogP contribution in [0.3, 0.4) is 0 Å². The topological polar surface area (TPSA) is 29.5 Å². The molecule has 1 fully saturated rings. The highest BCUT2D eigenvalue weighted by Gasteiger charge is 2.14. The molecule has 1 aliphatic heterocycles. The SMILES string of the molecule is CCOC(=O)/C=C/CN1CCSC(C)C1. The Labute approximate surface area is 95.9 Å². The first kappa shape index (κ1) is 12.6. The molecule has 1 heterocycles. The number of hydrogen-bond acceptors (Lipinski definition) is 4. The smallest absolute Gasteiger partial charge is 0.330 e. The highest BCUT2D eigenvalue weighted by atomic mass is 32.2. The Morgan fingerprint density at radius 2 is 2.47 bits per heavy atom. The minimum atomic E-state index is -0.239. The molecule has 86 valence electrons. The molecule has 1 saturated heterocycles. The van der Waals surface area contributed by atoms with Crippen LogP contribution in [0.15, 0.2) is 12.2 Å². The van der Waals surface area contributed by atoms with Crippen LogP contribution in [-0.2, 0) is 9.53 Å². The van der Waals surface area contributed by atoms with Gasteiger partial charge < -0.3 is 4.74 Å². The van der Waals surface area contributed by atoms with Gasteiger partial charge in [0, 0.05) is 36.7 Å². The molecule has 4 heteroatoms. The van der Waals surface area contributed by atoms with E-state index in [0.717, 1.165) is 19.6 Å². The van der Waals surface area contributed by atoms with Crippen LogP contribution < -0.4 is 0 Å². The lowest BCUT2D eigenvalue weighted by molar-refractivity contribution is -0.137. The Morgan fingerprint density at radius 1 is 1.67 bits per heavy atom. The monoisotopic (exact) mass is 229 g/mol. The molecular formula is C11H19NO2S. The predicted molar refractivity (Wildman–Crippen MR) is 64.1 cm³/mol. The van der Waals surface area contributed by atoms with Gasteiger partial charge in [0.2, 0.25) is 0 Å². The van der Waals surface area contributed by atoms with Crippen molar-refractivity contribution in [3.05, 3.63) is 12.2 Å². The van der Waals surface area contributed by atoms with E-state index in [4.69, 9.17) is 4.74 Å². The normalized spacial score (nSPS) is 23.2. The lowest BCUT2D eigenvalue weighted by Crippen LogP contribution is -2.36. The van der Waals surface area contributed by atoms with Crippen LogP contribution >= 0.6 is 11.8 Å². The molecule has 3 nitrogen and oxygen atoms in total. The fraction of sp³-hybridized carbons (Fsp3) is 0.727. The summed E-state index contributed by atoms with van der Waals surface area (Å²) in [6.45, 7) is 7.57. The molecule has 0 aromatic heterocycles. The molecule has 1 atom stereocenters. The summed E-state index contributed by atoms with van der Waals surface area (Å²) in [5.41, 5.74) is 0. The number of thioether (sulfide) groups is 1. The molecule has 1 unspecified atom stereocenters. The van der Waals surface area contributed by atoms with Gasteiger partial charge in [-0.25, -0.2) is 4.79 Å². The summed E-state index contributed by atoms with van der Waals surface area (Å²) in [7, 11) is 0. The van der Waals surface area contributed by atoms with Gasteiger partial charge in [0.1, 0.15) is 0 Å². The van der Waals surface area contributed by atoms with Crippen LogP contribution in [0, 0.1) is 0 Å². The van der Waals surface area contributed by atoms with E-state index in [1.807, 2.05) is 24.8 Å². The lowest BCUT2D eigenvalue weighted by Gasteiger charge is -2.29. The Hall–Kier alpha value is -0.480. The van der Waals surface area contributed by atoms with Gasteiger partial charge in [-0.1, -0.05) is 13.0 Å². The van der Waals surface area contributed by atoms with Crippen molar-refractivity contribution < 1.29 is 9.53 Å². The van der Waals surface area contributed by atoms with E-state index in [-0.39, 0.29) is 5.97 Å². The number of rotatable bonds is 4. The Kier molecular flexibility index (Phi) is 5.79. The van der Waals surface area contributed by atoms with Crippen molar-refractivity contribution in [3.63, 3.8) is 0 Å². The van der Waals surface area contributed by atoms with Crippen LogP contribution in [0.2, 0.25) is 0 Å². The van der Waals surface area contributed by atoms with Crippen LogP contribution in [0.25, 0.3) is 0 Å². The van der Waals surface area contributed by atoms with Gasteiger partial charge in [0.25, 0.3) is 0 Å². The quantitative estimate of drug-likeness (QED) is 0.540. The van der Waals surface area contributed by atoms with Gasteiger partial charge in [-0.2, -0.15) is 11.8 Å². The number of carbonyl (C=O) groups excluding carboxylic acids is 1. The van der Waals surface area contributed by atoms with Crippen LogP contribution in [-0.4, -0.2) is 48.1 Å². The molecule has 0 N–H and O–H groups in total. The van der Waals surface area contributed by atoms with Gasteiger partial charge in [-0.15, -0.1) is 0 Å². The Bertz CT molecular complexity index is 231. The number of hydrogen-bond donors (Lipinski definition) is 0. The van der Waals surface area contributed by atoms with Gasteiger partial charge in [-0.05, 0) is 6.92 Å². The first-order valence-corrected chi connectivity index (χ1v) is 6.44. The largest absolute Gasteiger partial charge is 0.463 e. The van der Waals surface area contributed by atoms with Crippen molar-refractivity contribution in [3.8, 4) is 0 Å². The highest BCUT2D eigenvalue weighted by Crippen LogP contribution is 2.17. The lowest BCUT2D eigenvalue weighted by atomic mass is 10.3. The molecule has 0 saturated carbocycles. The number of esters is 1. The zero-order chi connectivity index (χ0) is 11.1. The third-order valence-electron chi connectivity index (χ3n) is 2.23. The summed E-state index contributed by atoms with van der Waals surface area (Å²) >= 11 is 2.01. The zero-order valence-corrected chi connectivity index (χ0v) is 10.3. The molecular weight excluding hydrogens is 210 g/mol. The van der Waals surface area contributed by atoms with Gasteiger partial charge in [0.05, 0.1) is 6.61 Å². The van der Waals surface area contributed by atoms with Crippen molar-refractivity contribution in [2.24, 2.45) is 0 Å². The Morgan fingerprint density at radius 3 is 3.13 bits per heavy atom. The molecule has 0 amide bonds. The van der Waals surface area contributed by atoms with Crippen molar-refractivity contribution in [1.29, 1.82) is 0 Å². The number of ether oxygens (including phenoxy) is 1. The maximum absolute atomic E-state index is 11.0. The summed E-state index contributed by atoms with van der Waals surface area (Å²) in [5, 5.41) is 0.703. The van der Waals surface area contributed by atoms with E-state index in [1.165, 1.54) is 11.8 Å². The van der Waals surface area contributed by atoms with Crippen molar-refractivity contribution in [2.45, 2.75) is 19.1 Å². The van der Waals surface area contributed by atoms with Gasteiger partial charge in [-0.3, -0.25) is 4.90 Å². The first-order valence-electron chi connectivity index (χ1n) is 5.39. The first-order chi connectivity index (χ1) is 7.22. The number of carbonyl (C=O) groups is 1. The van der Waals surface area contributed by atoms with Crippen molar-refractivity contribution in [2.75, 3.05) is 32.0 Å². The average molecular weight is 229 g/mol. The maximum Gasteiger partial charge on any atom is 0.330 e. The number of nitrogens with zero attached hydrogens (tertiary/aromatic N) is 1. The van der Waals surface area contributed by atoms with E-state index in [9.17, 15) is 4.79 Å². The second kappa shape index (κ2) is 6.90. The van der Waals surface area contributed by atoms with E-state index < -0.39 is 0 Å². The van der Waals surface area contributed by atoms with E-state index in [2.05, 4.69) is 11.8 Å². The predicted octanol–water partition coefficient (Wildman–Crippen LogP) is 1.54. The summed E-state index contributed by atoms with van der Waals surface area (Å²) < 4.78 is 4.80. The summed E-state index contributed by atoms with van der Waals surface area (Å²) in [5.74, 6) is 0.950. The minimum absolute atomic E-state index is 0.239. The third kappa shape index (κ3) is 5.23. The molecule has 0 aromatic carbocycles. The molecule has 0 bridgehead atoms. The molecule has 0 radical (unpaired) electrons. The van der Waals surface area contributed by atoms with Crippen LogP contribution in [0.4, 0.5) is 0 Å².